The van der Waals surface area contributed by atoms with Gasteiger partial charge in [-0.2, -0.15) is 0 Å². The third-order valence-electron chi connectivity index (χ3n) is 4.74. The summed E-state index contributed by atoms with van der Waals surface area (Å²) in [6.45, 7) is 5.53. The summed E-state index contributed by atoms with van der Waals surface area (Å²) < 4.78 is 31.3. The minimum atomic E-state index is -3.58. The van der Waals surface area contributed by atoms with Gasteiger partial charge in [-0.25, -0.2) is 12.7 Å². The second kappa shape index (κ2) is 9.39. The van der Waals surface area contributed by atoms with Crippen LogP contribution in [0.4, 0.5) is 5.69 Å². The van der Waals surface area contributed by atoms with E-state index >= 15 is 0 Å². The molecule has 0 aliphatic heterocycles. The van der Waals surface area contributed by atoms with E-state index in [1.807, 2.05) is 38.1 Å². The number of carbonyl (C=O) groups excluding carboxylic acids is 1. The first-order chi connectivity index (χ1) is 13.6. The first-order valence-electron chi connectivity index (χ1n) is 9.31. The van der Waals surface area contributed by atoms with E-state index in [9.17, 15) is 13.2 Å². The number of aryl methyl sites for hydroxylation is 1. The van der Waals surface area contributed by atoms with Gasteiger partial charge in [-0.1, -0.05) is 24.3 Å². The third kappa shape index (κ3) is 5.35. The van der Waals surface area contributed by atoms with E-state index in [0.717, 1.165) is 21.2 Å². The lowest BCUT2D eigenvalue weighted by molar-refractivity contribution is -0.117. The normalized spacial score (nSPS) is 13.8. The first kappa shape index (κ1) is 22.9. The van der Waals surface area contributed by atoms with Crippen molar-refractivity contribution in [2.24, 2.45) is 0 Å². The van der Waals surface area contributed by atoms with Gasteiger partial charge in [-0.05, 0) is 44.5 Å². The van der Waals surface area contributed by atoms with Crippen LogP contribution in [-0.4, -0.2) is 45.9 Å². The maximum atomic E-state index is 12.7. The van der Waals surface area contributed by atoms with Gasteiger partial charge in [0.2, 0.25) is 15.9 Å². The Morgan fingerprint density at radius 2 is 1.76 bits per heavy atom. The van der Waals surface area contributed by atoms with Crippen LogP contribution in [0.25, 0.3) is 0 Å². The van der Waals surface area contributed by atoms with Gasteiger partial charge in [0, 0.05) is 31.4 Å². The third-order valence-corrected chi connectivity index (χ3v) is 6.56. The van der Waals surface area contributed by atoms with Crippen molar-refractivity contribution >= 4 is 21.6 Å². The Hall–Kier alpha value is -2.42. The van der Waals surface area contributed by atoms with Crippen molar-refractivity contribution < 1.29 is 17.9 Å². The number of hydrogen-bond donors (Lipinski definition) is 2. The zero-order valence-electron chi connectivity index (χ0n) is 17.7. The van der Waals surface area contributed by atoms with Crippen LogP contribution >= 0.6 is 0 Å². The molecule has 158 valence electrons. The van der Waals surface area contributed by atoms with Gasteiger partial charge in [0.25, 0.3) is 0 Å². The summed E-state index contributed by atoms with van der Waals surface area (Å²) in [7, 11) is 0.970. The predicted octanol–water partition coefficient (Wildman–Crippen LogP) is 2.93. The predicted molar refractivity (Wildman–Crippen MR) is 115 cm³/mol. The quantitative estimate of drug-likeness (QED) is 0.687. The Kier molecular flexibility index (Phi) is 7.40. The van der Waals surface area contributed by atoms with Crippen molar-refractivity contribution in [1.82, 2.24) is 9.62 Å². The monoisotopic (exact) mass is 419 g/mol. The molecule has 8 heteroatoms. The van der Waals surface area contributed by atoms with Gasteiger partial charge in [0.15, 0.2) is 0 Å². The molecule has 0 saturated carbocycles. The molecule has 0 radical (unpaired) electrons. The van der Waals surface area contributed by atoms with Crippen LogP contribution in [0.2, 0.25) is 0 Å². The highest BCUT2D eigenvalue weighted by Crippen LogP contribution is 2.25. The maximum Gasteiger partial charge on any atom is 0.242 e. The lowest BCUT2D eigenvalue weighted by atomic mass is 10.1. The average Bonchev–Trinajstić information content (AvgIpc) is 2.69. The van der Waals surface area contributed by atoms with E-state index in [2.05, 4.69) is 10.6 Å². The number of methoxy groups -OCH3 is 1. The molecule has 0 aliphatic carbocycles. The zero-order chi connectivity index (χ0) is 21.8. The van der Waals surface area contributed by atoms with Crippen molar-refractivity contribution in [1.29, 1.82) is 0 Å². The van der Waals surface area contributed by atoms with Gasteiger partial charge in [-0.3, -0.25) is 10.1 Å². The second-order valence-electron chi connectivity index (χ2n) is 7.11. The largest absolute Gasteiger partial charge is 0.496 e. The summed E-state index contributed by atoms with van der Waals surface area (Å²) in [6, 6.07) is 11.7. The lowest BCUT2D eigenvalue weighted by Gasteiger charge is -2.22. The smallest absolute Gasteiger partial charge is 0.242 e. The summed E-state index contributed by atoms with van der Waals surface area (Å²) in [4.78, 5) is 12.8. The van der Waals surface area contributed by atoms with Crippen molar-refractivity contribution in [2.45, 2.75) is 37.8 Å². The minimum Gasteiger partial charge on any atom is -0.496 e. The molecular formula is C21H29N3O4S. The van der Waals surface area contributed by atoms with Crippen LogP contribution < -0.4 is 15.4 Å². The first-order valence-corrected chi connectivity index (χ1v) is 10.7. The van der Waals surface area contributed by atoms with Crippen LogP contribution in [-0.2, 0) is 14.8 Å². The molecule has 2 N–H and O–H groups in total. The molecule has 0 spiro atoms. The Labute approximate surface area is 173 Å². The number of para-hydroxylation sites is 1. The molecule has 0 fully saturated rings. The molecule has 7 nitrogen and oxygen atoms in total. The van der Waals surface area contributed by atoms with Crippen molar-refractivity contribution in [3.05, 3.63) is 53.6 Å². The summed E-state index contributed by atoms with van der Waals surface area (Å²) in [5.74, 6) is 0.492. The summed E-state index contributed by atoms with van der Waals surface area (Å²) >= 11 is 0. The van der Waals surface area contributed by atoms with E-state index in [1.165, 1.54) is 26.2 Å². The molecule has 1 amide bonds. The lowest BCUT2D eigenvalue weighted by Crippen LogP contribution is -2.39. The fourth-order valence-electron chi connectivity index (χ4n) is 2.91. The summed E-state index contributed by atoms with van der Waals surface area (Å²) in [5, 5.41) is 6.09. The van der Waals surface area contributed by atoms with Gasteiger partial charge in [0.1, 0.15) is 5.75 Å². The summed E-state index contributed by atoms with van der Waals surface area (Å²) in [5.41, 5.74) is 2.20. The molecule has 0 saturated heterocycles. The number of ether oxygens (including phenoxy) is 1. The SMILES string of the molecule is COc1ccccc1[C@@H](C)N[C@@H](C)C(=O)Nc1cc(S(=O)(=O)N(C)C)ccc1C. The molecular weight excluding hydrogens is 390 g/mol. The molecule has 2 aromatic rings. The van der Waals surface area contributed by atoms with Crippen LogP contribution in [0, 0.1) is 6.92 Å². The Balaban J connectivity index is 2.15. The number of hydrogen-bond acceptors (Lipinski definition) is 5. The second-order valence-corrected chi connectivity index (χ2v) is 9.26. The number of rotatable bonds is 8. The van der Waals surface area contributed by atoms with Crippen LogP contribution in [0.15, 0.2) is 47.4 Å². The molecule has 0 aromatic heterocycles. The van der Waals surface area contributed by atoms with Crippen molar-refractivity contribution in [2.75, 3.05) is 26.5 Å². The highest BCUT2D eigenvalue weighted by Gasteiger charge is 2.21. The van der Waals surface area contributed by atoms with Gasteiger partial charge in [-0.15, -0.1) is 0 Å². The standard InChI is InChI=1S/C21H29N3O4S/c1-14-11-12-17(29(26,27)24(4)5)13-19(14)23-21(25)16(3)22-15(2)18-9-7-8-10-20(18)28-6/h7-13,15-16,22H,1-6H3,(H,23,25)/t15-,16+/m1/s1. The molecule has 0 heterocycles. The molecule has 2 atom stereocenters. The number of amides is 1. The molecule has 2 rings (SSSR count). The number of benzene rings is 2. The van der Waals surface area contributed by atoms with Crippen molar-refractivity contribution in [3.8, 4) is 5.75 Å². The highest BCUT2D eigenvalue weighted by atomic mass is 32.2. The Morgan fingerprint density at radius 1 is 1.10 bits per heavy atom. The van der Waals surface area contributed by atoms with Gasteiger partial charge >= 0.3 is 0 Å². The average molecular weight is 420 g/mol. The molecule has 29 heavy (non-hydrogen) atoms. The van der Waals surface area contributed by atoms with Crippen LogP contribution in [0.5, 0.6) is 5.75 Å². The van der Waals surface area contributed by atoms with E-state index in [4.69, 9.17) is 4.74 Å². The molecule has 0 unspecified atom stereocenters. The van der Waals surface area contributed by atoms with E-state index in [1.54, 1.807) is 20.1 Å². The zero-order valence-corrected chi connectivity index (χ0v) is 18.5. The molecule has 2 aromatic carbocycles. The fourth-order valence-corrected chi connectivity index (χ4v) is 3.84. The Morgan fingerprint density at radius 3 is 2.38 bits per heavy atom. The van der Waals surface area contributed by atoms with E-state index in [0.29, 0.717) is 5.69 Å². The van der Waals surface area contributed by atoms with E-state index < -0.39 is 16.1 Å². The number of nitrogens with one attached hydrogen (secondary N) is 2. The fraction of sp³-hybridized carbons (Fsp3) is 0.381. The van der Waals surface area contributed by atoms with Crippen molar-refractivity contribution in [3.63, 3.8) is 0 Å². The number of anilines is 1. The van der Waals surface area contributed by atoms with Crippen LogP contribution in [0.1, 0.15) is 31.0 Å². The minimum absolute atomic E-state index is 0.117. The van der Waals surface area contributed by atoms with Crippen LogP contribution in [0.3, 0.4) is 0 Å². The molecule has 0 bridgehead atoms. The highest BCUT2D eigenvalue weighted by molar-refractivity contribution is 7.89. The van der Waals surface area contributed by atoms with Gasteiger partial charge < -0.3 is 10.1 Å². The Bertz CT molecular complexity index is 974. The summed E-state index contributed by atoms with van der Waals surface area (Å²) in [6.07, 6.45) is 0. The maximum absolute atomic E-state index is 12.7. The van der Waals surface area contributed by atoms with Gasteiger partial charge in [0.05, 0.1) is 18.0 Å². The number of sulfonamides is 1. The van der Waals surface area contributed by atoms with E-state index in [-0.39, 0.29) is 16.8 Å². The number of carbonyl (C=O) groups is 1. The number of nitrogens with zero attached hydrogens (tertiary/aromatic N) is 1. The molecule has 0 aliphatic rings. The topological polar surface area (TPSA) is 87.7 Å².